The minimum Gasteiger partial charge on any atom is -0.381 e. The number of hydrogen-bond acceptors (Lipinski definition) is 2. The third kappa shape index (κ3) is 3.62. The fourth-order valence-corrected chi connectivity index (χ4v) is 2.22. The highest BCUT2D eigenvalue weighted by molar-refractivity contribution is 6.35. The summed E-state index contributed by atoms with van der Waals surface area (Å²) in [6, 6.07) is 9.08. The zero-order chi connectivity index (χ0) is 14.7. The number of hydrogen-bond donors (Lipinski definition) is 2. The Bertz CT molecular complexity index is 641. The first kappa shape index (κ1) is 14.6. The molecule has 0 atom stereocenters. The van der Waals surface area contributed by atoms with Gasteiger partial charge in [0.25, 0.3) is 0 Å². The summed E-state index contributed by atoms with van der Waals surface area (Å²) >= 11 is 11.7. The lowest BCUT2D eigenvalue weighted by molar-refractivity contribution is 0.1000. The molecule has 0 spiro atoms. The molecule has 1 amide bonds. The van der Waals surface area contributed by atoms with Gasteiger partial charge in [0, 0.05) is 33.4 Å². The number of halogens is 3. The minimum absolute atomic E-state index is 0.136. The Labute approximate surface area is 125 Å². The second-order valence-electron chi connectivity index (χ2n) is 4.18. The van der Waals surface area contributed by atoms with Gasteiger partial charge in [0.05, 0.1) is 0 Å². The number of carbonyl (C=O) groups excluding carboxylic acids is 1. The molecule has 0 bridgehead atoms. The van der Waals surface area contributed by atoms with Crippen LogP contribution in [0.5, 0.6) is 0 Å². The topological polar surface area (TPSA) is 55.1 Å². The fraction of sp³-hybridized carbons (Fsp3) is 0.0714. The molecule has 0 aromatic heterocycles. The maximum Gasteiger partial charge on any atom is 0.248 e. The van der Waals surface area contributed by atoms with Gasteiger partial charge in [0.1, 0.15) is 5.82 Å². The van der Waals surface area contributed by atoms with E-state index in [1.165, 1.54) is 12.1 Å². The first-order valence-corrected chi connectivity index (χ1v) is 6.49. The summed E-state index contributed by atoms with van der Waals surface area (Å²) in [5.41, 5.74) is 6.31. The molecule has 0 unspecified atom stereocenters. The number of nitrogens with one attached hydrogen (secondary N) is 1. The molecule has 6 heteroatoms. The molecule has 0 heterocycles. The smallest absolute Gasteiger partial charge is 0.248 e. The highest BCUT2D eigenvalue weighted by Gasteiger charge is 2.07. The van der Waals surface area contributed by atoms with Gasteiger partial charge in [0.15, 0.2) is 0 Å². The largest absolute Gasteiger partial charge is 0.381 e. The van der Waals surface area contributed by atoms with Crippen LogP contribution in [0.1, 0.15) is 15.9 Å². The van der Waals surface area contributed by atoms with E-state index >= 15 is 0 Å². The van der Waals surface area contributed by atoms with Gasteiger partial charge < -0.3 is 11.1 Å². The van der Waals surface area contributed by atoms with Crippen LogP contribution < -0.4 is 11.1 Å². The van der Waals surface area contributed by atoms with E-state index in [0.717, 1.165) is 6.07 Å². The molecule has 0 aliphatic rings. The van der Waals surface area contributed by atoms with Gasteiger partial charge in [-0.3, -0.25) is 4.79 Å². The predicted molar refractivity (Wildman–Crippen MR) is 78.7 cm³/mol. The van der Waals surface area contributed by atoms with Crippen LogP contribution in [0.4, 0.5) is 10.1 Å². The van der Waals surface area contributed by atoms with Crippen LogP contribution in [0, 0.1) is 5.82 Å². The van der Waals surface area contributed by atoms with Gasteiger partial charge in [-0.2, -0.15) is 0 Å². The van der Waals surface area contributed by atoms with Gasteiger partial charge in [-0.1, -0.05) is 29.3 Å². The van der Waals surface area contributed by atoms with E-state index in [9.17, 15) is 9.18 Å². The standard InChI is InChI=1S/C14H11Cl2FN2O/c15-10-4-11(16)6-12(5-10)19-7-9-2-1-8(14(18)20)3-13(9)17/h1-6,19H,7H2,(H2,18,20). The van der Waals surface area contributed by atoms with E-state index < -0.39 is 11.7 Å². The second-order valence-corrected chi connectivity index (χ2v) is 5.05. The third-order valence-corrected chi connectivity index (χ3v) is 3.12. The van der Waals surface area contributed by atoms with Crippen molar-refractivity contribution in [3.63, 3.8) is 0 Å². The summed E-state index contributed by atoms with van der Waals surface area (Å²) in [7, 11) is 0. The lowest BCUT2D eigenvalue weighted by Crippen LogP contribution is -2.12. The summed E-state index contributed by atoms with van der Waals surface area (Å²) in [6.07, 6.45) is 0. The van der Waals surface area contributed by atoms with Crippen molar-refractivity contribution in [1.29, 1.82) is 0 Å². The Morgan fingerprint density at radius 2 is 1.80 bits per heavy atom. The lowest BCUT2D eigenvalue weighted by atomic mass is 10.1. The van der Waals surface area contributed by atoms with Crippen molar-refractivity contribution in [2.45, 2.75) is 6.54 Å². The number of anilines is 1. The van der Waals surface area contributed by atoms with Crippen LogP contribution in [-0.2, 0) is 6.54 Å². The molecular weight excluding hydrogens is 302 g/mol. The number of rotatable bonds is 4. The summed E-state index contributed by atoms with van der Waals surface area (Å²) < 4.78 is 13.8. The molecule has 0 aliphatic carbocycles. The molecule has 2 rings (SSSR count). The summed E-state index contributed by atoms with van der Waals surface area (Å²) in [5, 5.41) is 3.99. The first-order valence-electron chi connectivity index (χ1n) is 5.74. The molecule has 20 heavy (non-hydrogen) atoms. The Morgan fingerprint density at radius 3 is 2.35 bits per heavy atom. The van der Waals surface area contributed by atoms with Crippen molar-refractivity contribution < 1.29 is 9.18 Å². The van der Waals surface area contributed by atoms with Crippen LogP contribution in [0.15, 0.2) is 36.4 Å². The SMILES string of the molecule is NC(=O)c1ccc(CNc2cc(Cl)cc(Cl)c2)c(F)c1. The van der Waals surface area contributed by atoms with Gasteiger partial charge in [-0.25, -0.2) is 4.39 Å². The van der Waals surface area contributed by atoms with Crippen LogP contribution in [0.2, 0.25) is 10.0 Å². The molecule has 3 N–H and O–H groups in total. The predicted octanol–water partition coefficient (Wildman–Crippen LogP) is 3.84. The Morgan fingerprint density at radius 1 is 1.15 bits per heavy atom. The van der Waals surface area contributed by atoms with E-state index in [0.29, 0.717) is 21.3 Å². The maximum atomic E-state index is 13.8. The molecule has 0 fully saturated rings. The van der Waals surface area contributed by atoms with Crippen LogP contribution >= 0.6 is 23.2 Å². The summed E-state index contributed by atoms with van der Waals surface area (Å²) in [4.78, 5) is 10.9. The number of benzene rings is 2. The molecule has 0 aliphatic heterocycles. The highest BCUT2D eigenvalue weighted by Crippen LogP contribution is 2.23. The maximum absolute atomic E-state index is 13.8. The van der Waals surface area contributed by atoms with Crippen LogP contribution in [0.25, 0.3) is 0 Å². The van der Waals surface area contributed by atoms with Crippen molar-refractivity contribution in [3.05, 3.63) is 63.4 Å². The Hall–Kier alpha value is -1.78. The summed E-state index contributed by atoms with van der Waals surface area (Å²) in [5.74, 6) is -1.16. The third-order valence-electron chi connectivity index (χ3n) is 2.68. The average Bonchev–Trinajstić information content (AvgIpc) is 2.36. The molecule has 104 valence electrons. The van der Waals surface area contributed by atoms with Gasteiger partial charge in [0.2, 0.25) is 5.91 Å². The molecular formula is C14H11Cl2FN2O. The van der Waals surface area contributed by atoms with E-state index in [1.807, 2.05) is 0 Å². The molecule has 2 aromatic rings. The average molecular weight is 313 g/mol. The Kier molecular flexibility index (Phi) is 4.47. The summed E-state index contributed by atoms with van der Waals surface area (Å²) in [6.45, 7) is 0.238. The fourth-order valence-electron chi connectivity index (χ4n) is 1.70. The van der Waals surface area contributed by atoms with Crippen molar-refractivity contribution in [1.82, 2.24) is 0 Å². The van der Waals surface area contributed by atoms with Gasteiger partial charge in [-0.05, 0) is 30.3 Å². The molecule has 2 aromatic carbocycles. The van der Waals surface area contributed by atoms with Gasteiger partial charge in [-0.15, -0.1) is 0 Å². The van der Waals surface area contributed by atoms with E-state index in [1.54, 1.807) is 18.2 Å². The molecule has 3 nitrogen and oxygen atoms in total. The van der Waals surface area contributed by atoms with Crippen LogP contribution in [0.3, 0.4) is 0 Å². The Balaban J connectivity index is 2.12. The first-order chi connectivity index (χ1) is 9.45. The zero-order valence-corrected chi connectivity index (χ0v) is 11.8. The number of primary amides is 1. The quantitative estimate of drug-likeness (QED) is 0.901. The lowest BCUT2D eigenvalue weighted by Gasteiger charge is -2.09. The van der Waals surface area contributed by atoms with Crippen molar-refractivity contribution >= 4 is 34.8 Å². The molecule has 0 saturated carbocycles. The van der Waals surface area contributed by atoms with Crippen molar-refractivity contribution in [2.24, 2.45) is 5.73 Å². The molecule has 0 radical (unpaired) electrons. The normalized spacial score (nSPS) is 10.3. The monoisotopic (exact) mass is 312 g/mol. The second kappa shape index (κ2) is 6.11. The van der Waals surface area contributed by atoms with E-state index in [4.69, 9.17) is 28.9 Å². The number of amides is 1. The van der Waals surface area contributed by atoms with E-state index in [-0.39, 0.29) is 12.1 Å². The van der Waals surface area contributed by atoms with E-state index in [2.05, 4.69) is 5.32 Å². The van der Waals surface area contributed by atoms with Crippen molar-refractivity contribution in [3.8, 4) is 0 Å². The minimum atomic E-state index is -0.662. The van der Waals surface area contributed by atoms with Crippen LogP contribution in [-0.4, -0.2) is 5.91 Å². The number of nitrogens with two attached hydrogens (primary N) is 1. The van der Waals surface area contributed by atoms with Crippen molar-refractivity contribution in [2.75, 3.05) is 5.32 Å². The number of carbonyl (C=O) groups is 1. The van der Waals surface area contributed by atoms with Gasteiger partial charge >= 0.3 is 0 Å². The zero-order valence-electron chi connectivity index (χ0n) is 10.3. The molecule has 0 saturated heterocycles. The highest BCUT2D eigenvalue weighted by atomic mass is 35.5.